The van der Waals surface area contributed by atoms with Crippen molar-refractivity contribution in [3.8, 4) is 5.75 Å². The van der Waals surface area contributed by atoms with Crippen molar-refractivity contribution in [1.29, 1.82) is 0 Å². The van der Waals surface area contributed by atoms with Gasteiger partial charge < -0.3 is 19.7 Å². The number of phenols is 1. The second kappa shape index (κ2) is 6.07. The molecule has 1 unspecified atom stereocenters. The number of benzene rings is 1. The lowest BCUT2D eigenvalue weighted by molar-refractivity contribution is -0.170. The molecule has 0 aliphatic carbocycles. The van der Waals surface area contributed by atoms with Crippen LogP contribution in [0.2, 0.25) is 0 Å². The van der Waals surface area contributed by atoms with Gasteiger partial charge in [-0.15, -0.1) is 0 Å². The van der Waals surface area contributed by atoms with E-state index in [0.717, 1.165) is 0 Å². The fourth-order valence-electron chi connectivity index (χ4n) is 1.37. The molecule has 5 nitrogen and oxygen atoms in total. The van der Waals surface area contributed by atoms with E-state index in [1.165, 1.54) is 19.1 Å². The van der Waals surface area contributed by atoms with Gasteiger partial charge in [0.25, 0.3) is 6.29 Å². The Hall–Kier alpha value is -2.01. The lowest BCUT2D eigenvalue weighted by atomic mass is 10.1. The van der Waals surface area contributed by atoms with Gasteiger partial charge in [0.15, 0.2) is 0 Å². The van der Waals surface area contributed by atoms with E-state index < -0.39 is 12.3 Å². The predicted molar refractivity (Wildman–Crippen MR) is 64.4 cm³/mol. The number of hydrogen-bond acceptors (Lipinski definition) is 5. The number of aromatic hydroxyl groups is 1. The van der Waals surface area contributed by atoms with E-state index >= 15 is 0 Å². The van der Waals surface area contributed by atoms with E-state index in [9.17, 15) is 9.90 Å². The Kier molecular flexibility index (Phi) is 4.74. The van der Waals surface area contributed by atoms with Crippen molar-refractivity contribution < 1.29 is 24.5 Å². The molecular weight excluding hydrogens is 236 g/mol. The van der Waals surface area contributed by atoms with Crippen LogP contribution in [0.1, 0.15) is 31.3 Å². The van der Waals surface area contributed by atoms with Crippen LogP contribution in [0, 0.1) is 0 Å². The van der Waals surface area contributed by atoms with Crippen molar-refractivity contribution in [3.63, 3.8) is 0 Å². The Balaban J connectivity index is 3.03. The van der Waals surface area contributed by atoms with Crippen LogP contribution in [0.15, 0.2) is 30.5 Å². The number of ether oxygens (including phenoxy) is 2. The molecule has 98 valence electrons. The Bertz CT molecular complexity index is 437. The number of esters is 1. The number of allylic oxidation sites excluding steroid dienone is 1. The van der Waals surface area contributed by atoms with Gasteiger partial charge in [0.05, 0.1) is 12.4 Å². The maximum atomic E-state index is 11.0. The van der Waals surface area contributed by atoms with Gasteiger partial charge in [0, 0.05) is 18.1 Å². The summed E-state index contributed by atoms with van der Waals surface area (Å²) in [6, 6.07) is 4.45. The summed E-state index contributed by atoms with van der Waals surface area (Å²) in [5.41, 5.74) is 0.838. The Morgan fingerprint density at radius 1 is 1.39 bits per heavy atom. The summed E-state index contributed by atoms with van der Waals surface area (Å²) >= 11 is 0. The zero-order valence-corrected chi connectivity index (χ0v) is 10.3. The number of aliphatic hydroxyl groups excluding tert-OH is 1. The molecule has 0 spiro atoms. The first kappa shape index (κ1) is 14.1. The van der Waals surface area contributed by atoms with Crippen molar-refractivity contribution in [1.82, 2.24) is 0 Å². The lowest BCUT2D eigenvalue weighted by Gasteiger charge is -2.19. The molecule has 0 heterocycles. The number of carbonyl (C=O) groups excluding carboxylic acids is 1. The van der Waals surface area contributed by atoms with E-state index in [4.69, 9.17) is 14.6 Å². The molecule has 1 aromatic rings. The third kappa shape index (κ3) is 3.78. The molecule has 5 heteroatoms. The minimum atomic E-state index is -0.939. The highest BCUT2D eigenvalue weighted by molar-refractivity contribution is 5.66. The number of rotatable bonds is 5. The fraction of sp³-hybridized carbons (Fsp3) is 0.308. The predicted octanol–water partition coefficient (Wildman–Crippen LogP) is 2.00. The van der Waals surface area contributed by atoms with E-state index in [0.29, 0.717) is 16.9 Å². The molecule has 0 aromatic heterocycles. The van der Waals surface area contributed by atoms with Crippen LogP contribution in [0.25, 0.3) is 0 Å². The third-order valence-corrected chi connectivity index (χ3v) is 2.13. The summed E-state index contributed by atoms with van der Waals surface area (Å²) in [5.74, 6) is -0.141. The van der Waals surface area contributed by atoms with Gasteiger partial charge in [-0.05, 0) is 25.1 Å². The fourth-order valence-corrected chi connectivity index (χ4v) is 1.37. The third-order valence-electron chi connectivity index (χ3n) is 2.13. The molecule has 0 saturated heterocycles. The van der Waals surface area contributed by atoms with Gasteiger partial charge in [-0.3, -0.25) is 4.79 Å². The molecular formula is C13H16O5. The van der Waals surface area contributed by atoms with E-state index in [-0.39, 0.29) is 12.4 Å². The van der Waals surface area contributed by atoms with Crippen LogP contribution in [-0.2, 0) is 20.9 Å². The average Bonchev–Trinajstić information content (AvgIpc) is 2.27. The monoisotopic (exact) mass is 252 g/mol. The Morgan fingerprint density at radius 3 is 2.56 bits per heavy atom. The van der Waals surface area contributed by atoms with Crippen molar-refractivity contribution in [3.05, 3.63) is 41.7 Å². The molecule has 0 saturated carbocycles. The van der Waals surface area contributed by atoms with Crippen molar-refractivity contribution >= 4 is 5.97 Å². The highest BCUT2D eigenvalue weighted by atomic mass is 16.7. The van der Waals surface area contributed by atoms with Crippen molar-refractivity contribution in [2.24, 2.45) is 0 Å². The van der Waals surface area contributed by atoms with Gasteiger partial charge >= 0.3 is 5.97 Å². The number of carbonyl (C=O) groups is 1. The lowest BCUT2D eigenvalue weighted by Crippen LogP contribution is -2.11. The Morgan fingerprint density at radius 2 is 2.06 bits per heavy atom. The molecule has 0 aliphatic heterocycles. The van der Waals surface area contributed by atoms with Crippen LogP contribution in [-0.4, -0.2) is 16.2 Å². The average molecular weight is 252 g/mol. The van der Waals surface area contributed by atoms with Crippen LogP contribution in [0.4, 0.5) is 0 Å². The topological polar surface area (TPSA) is 76.0 Å². The molecule has 1 atom stereocenters. The first-order chi connectivity index (χ1) is 8.43. The molecule has 1 rings (SSSR count). The van der Waals surface area contributed by atoms with Gasteiger partial charge in [0.1, 0.15) is 5.75 Å². The van der Waals surface area contributed by atoms with E-state index in [1.807, 2.05) is 0 Å². The second-order valence-electron chi connectivity index (χ2n) is 3.81. The molecule has 0 fully saturated rings. The van der Waals surface area contributed by atoms with Crippen LogP contribution < -0.4 is 0 Å². The summed E-state index contributed by atoms with van der Waals surface area (Å²) < 4.78 is 10.3. The molecule has 0 radical (unpaired) electrons. The first-order valence-corrected chi connectivity index (χ1v) is 5.36. The normalized spacial score (nSPS) is 11.7. The van der Waals surface area contributed by atoms with Crippen molar-refractivity contribution in [2.75, 3.05) is 0 Å². The molecule has 0 amide bonds. The Labute approximate surface area is 105 Å². The summed E-state index contributed by atoms with van der Waals surface area (Å²) in [6.45, 7) is 6.15. The highest BCUT2D eigenvalue weighted by Gasteiger charge is 2.17. The number of hydrogen-bond donors (Lipinski definition) is 2. The molecule has 1 aromatic carbocycles. The zero-order valence-electron chi connectivity index (χ0n) is 10.3. The first-order valence-electron chi connectivity index (χ1n) is 5.36. The van der Waals surface area contributed by atoms with Gasteiger partial charge in [-0.2, -0.15) is 0 Å². The molecule has 0 bridgehead atoms. The highest BCUT2D eigenvalue weighted by Crippen LogP contribution is 2.26. The summed E-state index contributed by atoms with van der Waals surface area (Å²) in [4.78, 5) is 11.0. The summed E-state index contributed by atoms with van der Waals surface area (Å²) in [7, 11) is 0. The van der Waals surface area contributed by atoms with E-state index in [1.54, 1.807) is 13.0 Å². The van der Waals surface area contributed by atoms with Crippen LogP contribution in [0.5, 0.6) is 5.75 Å². The largest absolute Gasteiger partial charge is 0.508 e. The quantitative estimate of drug-likeness (QED) is 0.476. The maximum Gasteiger partial charge on any atom is 0.305 e. The van der Waals surface area contributed by atoms with E-state index in [2.05, 4.69) is 6.58 Å². The molecule has 2 N–H and O–H groups in total. The molecule has 0 aliphatic rings. The SMILES string of the molecule is C=C(C)OC(OC(C)=O)c1ccc(O)c(CO)c1. The number of aliphatic hydroxyl groups is 1. The second-order valence-corrected chi connectivity index (χ2v) is 3.81. The standard InChI is InChI=1S/C13H16O5/c1-8(2)17-13(18-9(3)15)10-4-5-12(16)11(6-10)7-14/h4-6,13-14,16H,1,7H2,2-3H3. The van der Waals surface area contributed by atoms with Gasteiger partial charge in [-0.1, -0.05) is 6.58 Å². The van der Waals surface area contributed by atoms with Crippen molar-refractivity contribution in [2.45, 2.75) is 26.7 Å². The summed E-state index contributed by atoms with van der Waals surface area (Å²) in [6.07, 6.45) is -0.939. The van der Waals surface area contributed by atoms with Crippen LogP contribution in [0.3, 0.4) is 0 Å². The molecule has 18 heavy (non-hydrogen) atoms. The van der Waals surface area contributed by atoms with Gasteiger partial charge in [0.2, 0.25) is 0 Å². The minimum Gasteiger partial charge on any atom is -0.508 e. The maximum absolute atomic E-state index is 11.0. The minimum absolute atomic E-state index is 0.0295. The smallest absolute Gasteiger partial charge is 0.305 e. The van der Waals surface area contributed by atoms with Crippen LogP contribution >= 0.6 is 0 Å². The zero-order chi connectivity index (χ0) is 13.7. The van der Waals surface area contributed by atoms with Gasteiger partial charge in [-0.25, -0.2) is 0 Å². The summed E-state index contributed by atoms with van der Waals surface area (Å²) in [5, 5.41) is 18.5.